The number of hydrogen-bond donors (Lipinski definition) is 2. The number of ketones is 1. The SMILES string of the molecule is O=C1C=Cc2ccccc2/C1=C/c1sc(=O)[nH]c1O. The van der Waals surface area contributed by atoms with E-state index in [2.05, 4.69) is 4.98 Å². The van der Waals surface area contributed by atoms with Gasteiger partial charge in [0.1, 0.15) is 0 Å². The molecular weight excluding hydrogens is 262 g/mol. The summed E-state index contributed by atoms with van der Waals surface area (Å²) < 4.78 is 0. The molecule has 2 N–H and O–H groups in total. The van der Waals surface area contributed by atoms with Crippen molar-refractivity contribution in [3.05, 3.63) is 56.0 Å². The molecule has 1 aliphatic rings. The van der Waals surface area contributed by atoms with Gasteiger partial charge in [-0.25, -0.2) is 0 Å². The van der Waals surface area contributed by atoms with Crippen LogP contribution in [-0.2, 0) is 4.79 Å². The lowest BCUT2D eigenvalue weighted by Gasteiger charge is -2.12. The molecule has 0 atom stereocenters. The predicted octanol–water partition coefficient (Wildman–Crippen LogP) is 2.28. The Hall–Kier alpha value is -2.40. The zero-order valence-electron chi connectivity index (χ0n) is 9.71. The highest BCUT2D eigenvalue weighted by Crippen LogP contribution is 2.30. The lowest BCUT2D eigenvalue weighted by molar-refractivity contribution is -0.109. The van der Waals surface area contributed by atoms with Gasteiger partial charge in [0.05, 0.1) is 4.88 Å². The second-order valence-corrected chi connectivity index (χ2v) is 5.08. The van der Waals surface area contributed by atoms with Gasteiger partial charge in [0, 0.05) is 5.57 Å². The first-order valence-electron chi connectivity index (χ1n) is 5.61. The lowest BCUT2D eigenvalue weighted by Crippen LogP contribution is -2.04. The van der Waals surface area contributed by atoms with Gasteiger partial charge >= 0.3 is 4.87 Å². The Morgan fingerprint density at radius 3 is 2.68 bits per heavy atom. The number of carbonyl (C=O) groups excluding carboxylic acids is 1. The molecule has 0 bridgehead atoms. The number of aromatic hydroxyl groups is 1. The van der Waals surface area contributed by atoms with E-state index in [0.29, 0.717) is 10.5 Å². The van der Waals surface area contributed by atoms with Gasteiger partial charge in [0.15, 0.2) is 5.78 Å². The van der Waals surface area contributed by atoms with Gasteiger partial charge in [-0.3, -0.25) is 14.6 Å². The van der Waals surface area contributed by atoms with Crippen molar-refractivity contribution in [3.63, 3.8) is 0 Å². The third-order valence-corrected chi connectivity index (χ3v) is 3.68. The van der Waals surface area contributed by atoms with E-state index in [0.717, 1.165) is 22.5 Å². The number of benzene rings is 1. The molecule has 0 unspecified atom stereocenters. The molecule has 5 heteroatoms. The van der Waals surface area contributed by atoms with E-state index in [1.54, 1.807) is 12.2 Å². The molecule has 3 rings (SSSR count). The summed E-state index contributed by atoms with van der Waals surface area (Å²) in [5.74, 6) is -0.346. The van der Waals surface area contributed by atoms with Crippen LogP contribution in [-0.4, -0.2) is 15.9 Å². The topological polar surface area (TPSA) is 70.2 Å². The Morgan fingerprint density at radius 2 is 1.95 bits per heavy atom. The smallest absolute Gasteiger partial charge is 0.307 e. The molecule has 0 saturated heterocycles. The first kappa shape index (κ1) is 11.7. The normalized spacial score (nSPS) is 15.8. The van der Waals surface area contributed by atoms with Gasteiger partial charge in [0.25, 0.3) is 0 Å². The molecule has 0 saturated carbocycles. The monoisotopic (exact) mass is 271 g/mol. The molecule has 1 aliphatic carbocycles. The molecule has 1 aromatic heterocycles. The first-order valence-corrected chi connectivity index (χ1v) is 6.42. The van der Waals surface area contributed by atoms with Crippen LogP contribution in [0.3, 0.4) is 0 Å². The van der Waals surface area contributed by atoms with Crippen LogP contribution in [0.1, 0.15) is 16.0 Å². The highest BCUT2D eigenvalue weighted by molar-refractivity contribution is 7.10. The fourth-order valence-electron chi connectivity index (χ4n) is 1.99. The summed E-state index contributed by atoms with van der Waals surface area (Å²) in [6.45, 7) is 0. The summed E-state index contributed by atoms with van der Waals surface area (Å²) in [7, 11) is 0. The fourth-order valence-corrected chi connectivity index (χ4v) is 2.66. The Labute approximate surface area is 112 Å². The van der Waals surface area contributed by atoms with Crippen LogP contribution in [0, 0.1) is 0 Å². The van der Waals surface area contributed by atoms with Crippen molar-refractivity contribution in [1.82, 2.24) is 4.98 Å². The van der Waals surface area contributed by atoms with E-state index in [1.165, 1.54) is 6.08 Å². The Morgan fingerprint density at radius 1 is 1.16 bits per heavy atom. The maximum Gasteiger partial charge on any atom is 0.307 e. The minimum absolute atomic E-state index is 0.140. The van der Waals surface area contributed by atoms with Crippen molar-refractivity contribution in [2.24, 2.45) is 0 Å². The first-order chi connectivity index (χ1) is 9.15. The fraction of sp³-hybridized carbons (Fsp3) is 0. The number of fused-ring (bicyclic) bond motifs is 1. The molecule has 1 heterocycles. The van der Waals surface area contributed by atoms with Crippen molar-refractivity contribution >= 4 is 34.8 Å². The number of hydrogen-bond acceptors (Lipinski definition) is 4. The van der Waals surface area contributed by atoms with Crippen molar-refractivity contribution in [2.45, 2.75) is 0 Å². The summed E-state index contributed by atoms with van der Waals surface area (Å²) in [6, 6.07) is 7.49. The number of aromatic nitrogens is 1. The van der Waals surface area contributed by atoms with Crippen LogP contribution in [0.4, 0.5) is 0 Å². The van der Waals surface area contributed by atoms with E-state index in [9.17, 15) is 14.7 Å². The molecule has 4 nitrogen and oxygen atoms in total. The van der Waals surface area contributed by atoms with Crippen LogP contribution >= 0.6 is 11.3 Å². The predicted molar refractivity (Wildman–Crippen MR) is 75.0 cm³/mol. The summed E-state index contributed by atoms with van der Waals surface area (Å²) in [5.41, 5.74) is 2.22. The Balaban J connectivity index is 2.19. The summed E-state index contributed by atoms with van der Waals surface area (Å²) in [4.78, 5) is 25.4. The van der Waals surface area contributed by atoms with Crippen LogP contribution in [0.25, 0.3) is 17.7 Å². The Bertz CT molecular complexity index is 780. The van der Waals surface area contributed by atoms with Crippen molar-refractivity contribution < 1.29 is 9.90 Å². The number of rotatable bonds is 1. The molecule has 0 aliphatic heterocycles. The number of thiazole rings is 1. The zero-order valence-corrected chi connectivity index (χ0v) is 10.5. The maximum absolute atomic E-state index is 12.0. The number of nitrogens with one attached hydrogen (secondary N) is 1. The van der Waals surface area contributed by atoms with Gasteiger partial charge in [-0.05, 0) is 23.3 Å². The van der Waals surface area contributed by atoms with Crippen LogP contribution in [0.5, 0.6) is 5.88 Å². The molecule has 0 fully saturated rings. The van der Waals surface area contributed by atoms with Gasteiger partial charge in [-0.2, -0.15) is 0 Å². The minimum atomic E-state index is -0.351. The third-order valence-electron chi connectivity index (χ3n) is 2.86. The molecule has 0 radical (unpaired) electrons. The summed E-state index contributed by atoms with van der Waals surface area (Å²) >= 11 is 0.871. The van der Waals surface area contributed by atoms with Crippen LogP contribution < -0.4 is 4.87 Å². The quantitative estimate of drug-likeness (QED) is 0.782. The van der Waals surface area contributed by atoms with Gasteiger partial charge < -0.3 is 5.11 Å². The van der Waals surface area contributed by atoms with Crippen LogP contribution in [0.15, 0.2) is 35.1 Å². The van der Waals surface area contributed by atoms with E-state index in [4.69, 9.17) is 0 Å². The highest BCUT2D eigenvalue weighted by atomic mass is 32.1. The van der Waals surface area contributed by atoms with Crippen LogP contribution in [0.2, 0.25) is 0 Å². The molecule has 1 aromatic carbocycles. The Kier molecular flexibility index (Phi) is 2.68. The van der Waals surface area contributed by atoms with Crippen molar-refractivity contribution in [3.8, 4) is 5.88 Å². The molecular formula is C14H9NO3S. The third kappa shape index (κ3) is 2.04. The number of allylic oxidation sites excluding steroid dienone is 2. The van der Waals surface area contributed by atoms with Gasteiger partial charge in [-0.1, -0.05) is 41.7 Å². The van der Waals surface area contributed by atoms with E-state index in [-0.39, 0.29) is 16.5 Å². The van der Waals surface area contributed by atoms with E-state index >= 15 is 0 Å². The van der Waals surface area contributed by atoms with Crippen molar-refractivity contribution in [1.29, 1.82) is 0 Å². The average molecular weight is 271 g/mol. The molecule has 2 aromatic rings. The number of carbonyl (C=O) groups is 1. The van der Waals surface area contributed by atoms with E-state index < -0.39 is 0 Å². The molecule has 0 amide bonds. The minimum Gasteiger partial charge on any atom is -0.493 e. The van der Waals surface area contributed by atoms with Gasteiger partial charge in [-0.15, -0.1) is 0 Å². The largest absolute Gasteiger partial charge is 0.493 e. The zero-order chi connectivity index (χ0) is 13.4. The number of aromatic amines is 1. The average Bonchev–Trinajstić information content (AvgIpc) is 2.71. The lowest BCUT2D eigenvalue weighted by atomic mass is 9.91. The molecule has 94 valence electrons. The summed E-state index contributed by atoms with van der Waals surface area (Å²) in [6.07, 6.45) is 4.79. The maximum atomic E-state index is 12.0. The molecule has 19 heavy (non-hydrogen) atoms. The number of H-pyrrole nitrogens is 1. The summed E-state index contributed by atoms with van der Waals surface area (Å²) in [5, 5.41) is 9.58. The molecule has 0 spiro atoms. The van der Waals surface area contributed by atoms with E-state index in [1.807, 2.05) is 24.3 Å². The second kappa shape index (κ2) is 4.37. The van der Waals surface area contributed by atoms with Crippen molar-refractivity contribution in [2.75, 3.05) is 0 Å². The second-order valence-electron chi connectivity index (χ2n) is 4.07. The van der Waals surface area contributed by atoms with Gasteiger partial charge in [0.2, 0.25) is 5.88 Å². The highest BCUT2D eigenvalue weighted by Gasteiger charge is 2.18. The standard InChI is InChI=1S/C14H9NO3S/c16-11-6-5-8-3-1-2-4-9(8)10(11)7-12-13(17)15-14(18)19-12/h1-7,17H,(H,15,18)/b10-7-.